The second-order valence-electron chi connectivity index (χ2n) is 4.61. The molecule has 1 unspecified atom stereocenters. The molecule has 2 rings (SSSR count). The number of ether oxygens (including phenoxy) is 1. The van der Waals surface area contributed by atoms with Crippen LogP contribution >= 0.6 is 11.8 Å². The summed E-state index contributed by atoms with van der Waals surface area (Å²) in [6, 6.07) is 6.96. The van der Waals surface area contributed by atoms with E-state index in [-0.39, 0.29) is 16.3 Å². The molecule has 1 heterocycles. The molecule has 1 aliphatic rings. The minimum atomic E-state index is -0.565. The Morgan fingerprint density at radius 1 is 1.43 bits per heavy atom. The largest absolute Gasteiger partial charge is 0.453 e. The maximum atomic E-state index is 12.0. The first kappa shape index (κ1) is 15.4. The highest BCUT2D eigenvalue weighted by molar-refractivity contribution is 8.14. The zero-order chi connectivity index (χ0) is 15.4. The van der Waals surface area contributed by atoms with E-state index in [9.17, 15) is 14.4 Å². The summed E-state index contributed by atoms with van der Waals surface area (Å²) in [5.74, 6) is -0.0241. The Hall–Kier alpha value is -2.02. The number of carbonyl (C=O) groups is 3. The highest BCUT2D eigenvalue weighted by atomic mass is 32.2. The summed E-state index contributed by atoms with van der Waals surface area (Å²) < 4.78 is 4.53. The number of amides is 2. The van der Waals surface area contributed by atoms with E-state index in [2.05, 4.69) is 10.1 Å². The molecule has 1 aromatic rings. The Labute approximate surface area is 126 Å². The summed E-state index contributed by atoms with van der Waals surface area (Å²) in [5.41, 5.74) is 1.25. The van der Waals surface area contributed by atoms with Gasteiger partial charge >= 0.3 is 6.09 Å². The molecule has 0 radical (unpaired) electrons. The normalized spacial score (nSPS) is 17.7. The zero-order valence-corrected chi connectivity index (χ0v) is 12.6. The quantitative estimate of drug-likeness (QED) is 0.927. The monoisotopic (exact) mass is 308 g/mol. The fourth-order valence-electron chi connectivity index (χ4n) is 2.16. The molecular formula is C14H16N2O4S. The Morgan fingerprint density at radius 3 is 2.86 bits per heavy atom. The van der Waals surface area contributed by atoms with E-state index in [4.69, 9.17) is 0 Å². The predicted octanol–water partition coefficient (Wildman–Crippen LogP) is 2.25. The van der Waals surface area contributed by atoms with Gasteiger partial charge in [-0.05, 0) is 18.2 Å². The molecule has 1 N–H and O–H groups in total. The first-order chi connectivity index (χ1) is 9.99. The lowest BCUT2D eigenvalue weighted by molar-refractivity contribution is -0.117. The number of nitrogens with zero attached hydrogens (tertiary/aromatic N) is 1. The van der Waals surface area contributed by atoms with Gasteiger partial charge in [-0.3, -0.25) is 14.9 Å². The summed E-state index contributed by atoms with van der Waals surface area (Å²) in [6.45, 7) is 1.99. The Kier molecular flexibility index (Phi) is 4.85. The molecule has 0 saturated carbocycles. The van der Waals surface area contributed by atoms with Crippen molar-refractivity contribution in [1.82, 2.24) is 0 Å². The van der Waals surface area contributed by atoms with Gasteiger partial charge in [0.2, 0.25) is 5.91 Å². The maximum absolute atomic E-state index is 12.0. The van der Waals surface area contributed by atoms with Crippen molar-refractivity contribution in [3.63, 3.8) is 0 Å². The van der Waals surface area contributed by atoms with Crippen LogP contribution in [0.15, 0.2) is 24.3 Å². The molecule has 6 nitrogen and oxygen atoms in total. The van der Waals surface area contributed by atoms with Crippen LogP contribution in [0.1, 0.15) is 13.3 Å². The van der Waals surface area contributed by atoms with E-state index in [1.54, 1.807) is 29.2 Å². The lowest BCUT2D eigenvalue weighted by Crippen LogP contribution is -2.25. The fraction of sp³-hybridized carbons (Fsp3) is 0.357. The molecule has 1 aromatic carbocycles. The number of hydrogen-bond acceptors (Lipinski definition) is 5. The van der Waals surface area contributed by atoms with Crippen LogP contribution in [0, 0.1) is 0 Å². The van der Waals surface area contributed by atoms with E-state index in [0.717, 1.165) is 0 Å². The van der Waals surface area contributed by atoms with Crippen molar-refractivity contribution in [3.05, 3.63) is 24.3 Å². The molecule has 2 amide bonds. The summed E-state index contributed by atoms with van der Waals surface area (Å²) in [4.78, 5) is 36.0. The number of hydrogen-bond donors (Lipinski definition) is 1. The fourth-order valence-corrected chi connectivity index (χ4v) is 3.08. The maximum Gasteiger partial charge on any atom is 0.411 e. The van der Waals surface area contributed by atoms with Gasteiger partial charge < -0.3 is 9.64 Å². The topological polar surface area (TPSA) is 75.7 Å². The Balaban J connectivity index is 2.11. The first-order valence-corrected chi connectivity index (χ1v) is 7.30. The molecule has 0 bridgehead atoms. The van der Waals surface area contributed by atoms with Crippen molar-refractivity contribution in [2.24, 2.45) is 0 Å². The summed E-state index contributed by atoms with van der Waals surface area (Å²) in [5, 5.41) is 2.54. The number of benzene rings is 1. The van der Waals surface area contributed by atoms with E-state index in [0.29, 0.717) is 24.3 Å². The van der Waals surface area contributed by atoms with Crippen LogP contribution in [0.4, 0.5) is 16.2 Å². The first-order valence-electron chi connectivity index (χ1n) is 6.42. The third-order valence-corrected chi connectivity index (χ3v) is 3.99. The van der Waals surface area contributed by atoms with Gasteiger partial charge in [0.1, 0.15) is 0 Å². The standard InChI is InChI=1S/C14H16N2O4S/c1-9(17)21-12-7-13(18)16(8-12)11-5-3-4-10(6-11)15-14(19)20-2/h3-6,12H,7-8H2,1-2H3,(H,15,19). The third kappa shape index (κ3) is 3.98. The van der Waals surface area contributed by atoms with Gasteiger partial charge in [-0.2, -0.15) is 0 Å². The lowest BCUT2D eigenvalue weighted by atomic mass is 10.2. The van der Waals surface area contributed by atoms with Crippen LogP contribution in [0.25, 0.3) is 0 Å². The van der Waals surface area contributed by atoms with E-state index >= 15 is 0 Å². The molecule has 1 aliphatic heterocycles. The van der Waals surface area contributed by atoms with Gasteiger partial charge in [0, 0.05) is 36.5 Å². The van der Waals surface area contributed by atoms with Gasteiger partial charge in [-0.25, -0.2) is 4.79 Å². The number of nitrogens with one attached hydrogen (secondary N) is 1. The van der Waals surface area contributed by atoms with E-state index in [1.807, 2.05) is 0 Å². The smallest absolute Gasteiger partial charge is 0.411 e. The van der Waals surface area contributed by atoms with Crippen LogP contribution in [-0.2, 0) is 14.3 Å². The molecule has 0 spiro atoms. The molecule has 0 aliphatic carbocycles. The van der Waals surface area contributed by atoms with Gasteiger partial charge in [-0.15, -0.1) is 0 Å². The van der Waals surface area contributed by atoms with Gasteiger partial charge in [0.25, 0.3) is 0 Å². The van der Waals surface area contributed by atoms with Crippen LogP contribution in [0.5, 0.6) is 0 Å². The minimum absolute atomic E-state index is 0.00996. The van der Waals surface area contributed by atoms with Gasteiger partial charge in [0.05, 0.1) is 7.11 Å². The Bertz CT molecular complexity index is 576. The van der Waals surface area contributed by atoms with Crippen LogP contribution in [0.2, 0.25) is 0 Å². The zero-order valence-electron chi connectivity index (χ0n) is 11.8. The summed E-state index contributed by atoms with van der Waals surface area (Å²) >= 11 is 1.19. The van der Waals surface area contributed by atoms with Crippen molar-refractivity contribution >= 4 is 40.3 Å². The van der Waals surface area contributed by atoms with E-state index < -0.39 is 6.09 Å². The van der Waals surface area contributed by atoms with Crippen molar-refractivity contribution < 1.29 is 19.1 Å². The number of thioether (sulfide) groups is 1. The molecule has 21 heavy (non-hydrogen) atoms. The average molecular weight is 308 g/mol. The van der Waals surface area contributed by atoms with Crippen molar-refractivity contribution in [3.8, 4) is 0 Å². The second kappa shape index (κ2) is 6.62. The third-order valence-electron chi connectivity index (χ3n) is 3.01. The molecule has 1 fully saturated rings. The van der Waals surface area contributed by atoms with Crippen LogP contribution in [0.3, 0.4) is 0 Å². The number of anilines is 2. The predicted molar refractivity (Wildman–Crippen MR) is 81.5 cm³/mol. The van der Waals surface area contributed by atoms with Crippen LogP contribution < -0.4 is 10.2 Å². The highest BCUT2D eigenvalue weighted by Gasteiger charge is 2.31. The average Bonchev–Trinajstić information content (AvgIpc) is 2.78. The summed E-state index contributed by atoms with van der Waals surface area (Å²) in [6.07, 6.45) is -0.219. The number of rotatable bonds is 3. The van der Waals surface area contributed by atoms with E-state index in [1.165, 1.54) is 25.8 Å². The van der Waals surface area contributed by atoms with Crippen molar-refractivity contribution in [2.75, 3.05) is 23.9 Å². The summed E-state index contributed by atoms with van der Waals surface area (Å²) in [7, 11) is 1.28. The number of methoxy groups -OCH3 is 1. The van der Waals surface area contributed by atoms with Crippen molar-refractivity contribution in [1.29, 1.82) is 0 Å². The highest BCUT2D eigenvalue weighted by Crippen LogP contribution is 2.29. The van der Waals surface area contributed by atoms with Gasteiger partial charge in [-0.1, -0.05) is 17.8 Å². The Morgan fingerprint density at radius 2 is 2.19 bits per heavy atom. The minimum Gasteiger partial charge on any atom is -0.453 e. The molecule has 7 heteroatoms. The molecule has 1 atom stereocenters. The molecular weight excluding hydrogens is 292 g/mol. The van der Waals surface area contributed by atoms with Gasteiger partial charge in [0.15, 0.2) is 5.12 Å². The molecule has 0 aromatic heterocycles. The van der Waals surface area contributed by atoms with Crippen LogP contribution in [-0.4, -0.2) is 36.0 Å². The molecule has 1 saturated heterocycles. The second-order valence-corrected chi connectivity index (χ2v) is 6.08. The SMILES string of the molecule is COC(=O)Nc1cccc(N2CC(SC(C)=O)CC2=O)c1. The molecule has 112 valence electrons. The lowest BCUT2D eigenvalue weighted by Gasteiger charge is -2.17. The number of carbonyl (C=O) groups excluding carboxylic acids is 3. The van der Waals surface area contributed by atoms with Crippen molar-refractivity contribution in [2.45, 2.75) is 18.6 Å².